The van der Waals surface area contributed by atoms with Crippen LogP contribution in [0.2, 0.25) is 0 Å². The number of furan rings is 1. The molecule has 5 heteroatoms. The van der Waals surface area contributed by atoms with Gasteiger partial charge in [0.05, 0.1) is 12.6 Å². The predicted molar refractivity (Wildman–Crippen MR) is 72.7 cm³/mol. The van der Waals surface area contributed by atoms with Gasteiger partial charge in [-0.2, -0.15) is 0 Å². The third-order valence-electron chi connectivity index (χ3n) is 2.72. The summed E-state index contributed by atoms with van der Waals surface area (Å²) in [6, 6.07) is 7.31. The zero-order valence-electron chi connectivity index (χ0n) is 11.0. The van der Waals surface area contributed by atoms with Crippen molar-refractivity contribution in [3.05, 3.63) is 48.2 Å². The van der Waals surface area contributed by atoms with E-state index in [4.69, 9.17) is 4.42 Å². The van der Waals surface area contributed by atoms with Gasteiger partial charge in [0.15, 0.2) is 0 Å². The molecule has 2 heterocycles. The van der Waals surface area contributed by atoms with Crippen LogP contribution in [0, 0.1) is 6.92 Å². The zero-order chi connectivity index (χ0) is 13.7. The Hall–Kier alpha value is -2.14. The van der Waals surface area contributed by atoms with Crippen LogP contribution in [-0.4, -0.2) is 17.4 Å². The van der Waals surface area contributed by atoms with Crippen molar-refractivity contribution in [2.45, 2.75) is 19.9 Å². The van der Waals surface area contributed by atoms with Crippen LogP contribution in [0.4, 0.5) is 5.69 Å². The number of nitrogens with zero attached hydrogens (tertiary/aromatic N) is 1. The lowest BCUT2D eigenvalue weighted by atomic mass is 10.2. The van der Waals surface area contributed by atoms with Crippen LogP contribution in [0.1, 0.15) is 24.5 Å². The van der Waals surface area contributed by atoms with E-state index in [9.17, 15) is 4.79 Å². The Morgan fingerprint density at radius 2 is 2.05 bits per heavy atom. The first-order valence-electron chi connectivity index (χ1n) is 6.15. The zero-order valence-corrected chi connectivity index (χ0v) is 11.0. The number of hydrogen-bond donors (Lipinski definition) is 2. The van der Waals surface area contributed by atoms with E-state index in [1.54, 1.807) is 24.5 Å². The lowest BCUT2D eigenvalue weighted by Crippen LogP contribution is -2.29. The van der Waals surface area contributed by atoms with E-state index in [1.807, 2.05) is 26.0 Å². The summed E-state index contributed by atoms with van der Waals surface area (Å²) >= 11 is 0. The van der Waals surface area contributed by atoms with Gasteiger partial charge in [-0.15, -0.1) is 0 Å². The molecule has 2 aromatic rings. The lowest BCUT2D eigenvalue weighted by molar-refractivity contribution is -0.115. The number of aryl methyl sites for hydroxylation is 1. The van der Waals surface area contributed by atoms with Gasteiger partial charge in [-0.1, -0.05) is 0 Å². The van der Waals surface area contributed by atoms with Gasteiger partial charge in [0.1, 0.15) is 11.5 Å². The summed E-state index contributed by atoms with van der Waals surface area (Å²) in [5, 5.41) is 5.89. The Morgan fingerprint density at radius 1 is 1.32 bits per heavy atom. The highest BCUT2D eigenvalue weighted by Crippen LogP contribution is 2.15. The average Bonchev–Trinajstić information content (AvgIpc) is 2.84. The van der Waals surface area contributed by atoms with Gasteiger partial charge in [0.2, 0.25) is 5.91 Å². The maximum atomic E-state index is 11.7. The molecule has 0 aromatic carbocycles. The smallest absolute Gasteiger partial charge is 0.238 e. The number of nitrogens with one attached hydrogen (secondary N) is 2. The predicted octanol–water partition coefficient (Wildman–Crippen LogP) is 2.27. The minimum absolute atomic E-state index is 0.00288. The van der Waals surface area contributed by atoms with Gasteiger partial charge in [-0.05, 0) is 38.1 Å². The van der Waals surface area contributed by atoms with Crippen molar-refractivity contribution in [1.82, 2.24) is 10.3 Å². The summed E-state index contributed by atoms with van der Waals surface area (Å²) < 4.78 is 5.49. The van der Waals surface area contributed by atoms with Crippen LogP contribution in [0.25, 0.3) is 0 Å². The number of pyridine rings is 1. The molecule has 0 aliphatic carbocycles. The number of carbonyl (C=O) groups is 1. The molecule has 1 amide bonds. The van der Waals surface area contributed by atoms with E-state index < -0.39 is 0 Å². The summed E-state index contributed by atoms with van der Waals surface area (Å²) in [4.78, 5) is 15.6. The topological polar surface area (TPSA) is 67.2 Å². The van der Waals surface area contributed by atoms with Crippen molar-refractivity contribution in [3.63, 3.8) is 0 Å². The van der Waals surface area contributed by atoms with Crippen molar-refractivity contribution in [1.29, 1.82) is 0 Å². The molecule has 0 aliphatic rings. The van der Waals surface area contributed by atoms with Crippen LogP contribution >= 0.6 is 0 Å². The summed E-state index contributed by atoms with van der Waals surface area (Å²) in [6.45, 7) is 4.08. The van der Waals surface area contributed by atoms with E-state index in [1.165, 1.54) is 0 Å². The average molecular weight is 259 g/mol. The highest BCUT2D eigenvalue weighted by atomic mass is 16.3. The normalized spacial score (nSPS) is 12.1. The molecular weight excluding hydrogens is 242 g/mol. The first kappa shape index (κ1) is 13.3. The van der Waals surface area contributed by atoms with Gasteiger partial charge in [0, 0.05) is 18.1 Å². The summed E-state index contributed by atoms with van der Waals surface area (Å²) in [5.41, 5.74) is 0.739. The Kier molecular flexibility index (Phi) is 4.30. The lowest BCUT2D eigenvalue weighted by Gasteiger charge is -2.11. The van der Waals surface area contributed by atoms with Crippen LogP contribution < -0.4 is 10.6 Å². The monoisotopic (exact) mass is 259 g/mol. The Morgan fingerprint density at radius 3 is 2.68 bits per heavy atom. The number of anilines is 1. The molecule has 0 fully saturated rings. The SMILES string of the molecule is Cc1ccc(C(C)NCC(=O)Nc2ccncc2)o1. The second-order valence-electron chi connectivity index (χ2n) is 4.34. The first-order valence-corrected chi connectivity index (χ1v) is 6.15. The van der Waals surface area contributed by atoms with Crippen LogP contribution in [0.15, 0.2) is 41.1 Å². The van der Waals surface area contributed by atoms with E-state index in [2.05, 4.69) is 15.6 Å². The number of rotatable bonds is 5. The fourth-order valence-corrected chi connectivity index (χ4v) is 1.67. The van der Waals surface area contributed by atoms with Gasteiger partial charge in [-0.25, -0.2) is 0 Å². The Bertz CT molecular complexity index is 537. The third kappa shape index (κ3) is 3.93. The van der Waals surface area contributed by atoms with E-state index in [-0.39, 0.29) is 18.5 Å². The van der Waals surface area contributed by atoms with Gasteiger partial charge < -0.3 is 9.73 Å². The second-order valence-corrected chi connectivity index (χ2v) is 4.34. The van der Waals surface area contributed by atoms with Crippen molar-refractivity contribution < 1.29 is 9.21 Å². The van der Waals surface area contributed by atoms with Crippen molar-refractivity contribution in [2.24, 2.45) is 0 Å². The summed E-state index contributed by atoms with van der Waals surface area (Å²) in [5.74, 6) is 1.60. The molecule has 0 saturated carbocycles. The van der Waals surface area contributed by atoms with Crippen LogP contribution in [-0.2, 0) is 4.79 Å². The number of amides is 1. The number of aromatic nitrogens is 1. The molecule has 0 saturated heterocycles. The fourth-order valence-electron chi connectivity index (χ4n) is 1.67. The molecule has 0 aliphatic heterocycles. The molecule has 1 atom stereocenters. The molecule has 100 valence electrons. The van der Waals surface area contributed by atoms with Crippen molar-refractivity contribution in [3.8, 4) is 0 Å². The number of hydrogen-bond acceptors (Lipinski definition) is 4. The summed E-state index contributed by atoms with van der Waals surface area (Å²) in [6.07, 6.45) is 3.27. The molecule has 5 nitrogen and oxygen atoms in total. The van der Waals surface area contributed by atoms with Crippen molar-refractivity contribution in [2.75, 3.05) is 11.9 Å². The molecule has 2 rings (SSSR count). The first-order chi connectivity index (χ1) is 9.15. The second kappa shape index (κ2) is 6.15. The molecular formula is C14H17N3O2. The fraction of sp³-hybridized carbons (Fsp3) is 0.286. The van der Waals surface area contributed by atoms with Gasteiger partial charge in [-0.3, -0.25) is 15.1 Å². The minimum atomic E-state index is -0.0960. The van der Waals surface area contributed by atoms with Crippen LogP contribution in [0.5, 0.6) is 0 Å². The Labute approximate surface area is 112 Å². The minimum Gasteiger partial charge on any atom is -0.465 e. The highest BCUT2D eigenvalue weighted by Gasteiger charge is 2.10. The maximum absolute atomic E-state index is 11.7. The van der Waals surface area contributed by atoms with Gasteiger partial charge >= 0.3 is 0 Å². The molecule has 19 heavy (non-hydrogen) atoms. The van der Waals surface area contributed by atoms with E-state index in [0.717, 1.165) is 17.2 Å². The third-order valence-corrected chi connectivity index (χ3v) is 2.72. The summed E-state index contributed by atoms with van der Waals surface area (Å²) in [7, 11) is 0. The molecule has 0 radical (unpaired) electrons. The number of carbonyl (C=O) groups excluding carboxylic acids is 1. The van der Waals surface area contributed by atoms with Crippen molar-refractivity contribution >= 4 is 11.6 Å². The standard InChI is InChI=1S/C14H17N3O2/c1-10-3-4-13(19-10)11(2)16-9-14(18)17-12-5-7-15-8-6-12/h3-8,11,16H,9H2,1-2H3,(H,15,17,18). The highest BCUT2D eigenvalue weighted by molar-refractivity contribution is 5.92. The van der Waals surface area contributed by atoms with Gasteiger partial charge in [0.25, 0.3) is 0 Å². The molecule has 2 N–H and O–H groups in total. The molecule has 2 aromatic heterocycles. The van der Waals surface area contributed by atoms with Crippen LogP contribution in [0.3, 0.4) is 0 Å². The molecule has 0 bridgehead atoms. The Balaban J connectivity index is 1.80. The van der Waals surface area contributed by atoms with E-state index >= 15 is 0 Å². The maximum Gasteiger partial charge on any atom is 0.238 e. The molecule has 1 unspecified atom stereocenters. The van der Waals surface area contributed by atoms with E-state index in [0.29, 0.717) is 0 Å². The quantitative estimate of drug-likeness (QED) is 0.864. The largest absolute Gasteiger partial charge is 0.465 e. The molecule has 0 spiro atoms.